The van der Waals surface area contributed by atoms with Crippen LogP contribution in [0.1, 0.15) is 11.4 Å². The highest BCUT2D eigenvalue weighted by atomic mass is 32.2. The number of para-hydroxylation sites is 1. The van der Waals surface area contributed by atoms with Crippen molar-refractivity contribution in [3.05, 3.63) is 63.5 Å². The molecule has 3 heterocycles. The monoisotopic (exact) mass is 339 g/mol. The van der Waals surface area contributed by atoms with Crippen LogP contribution in [0.4, 0.5) is 0 Å². The summed E-state index contributed by atoms with van der Waals surface area (Å²) in [5, 5.41) is 4.00. The zero-order chi connectivity index (χ0) is 15.8. The van der Waals surface area contributed by atoms with E-state index in [-0.39, 0.29) is 5.56 Å². The van der Waals surface area contributed by atoms with Gasteiger partial charge in [-0.25, -0.2) is 9.97 Å². The molecule has 114 valence electrons. The average molecular weight is 339 g/mol. The smallest absolute Gasteiger partial charge is 0.268 e. The number of aryl methyl sites for hydroxylation is 1. The maximum absolute atomic E-state index is 12.0. The number of rotatable bonds is 3. The summed E-state index contributed by atoms with van der Waals surface area (Å²) in [6, 6.07) is 12.1. The summed E-state index contributed by atoms with van der Waals surface area (Å²) in [4.78, 5) is 24.0. The van der Waals surface area contributed by atoms with Crippen molar-refractivity contribution in [3.63, 3.8) is 0 Å². The summed E-state index contributed by atoms with van der Waals surface area (Å²) in [7, 11) is 0. The highest BCUT2D eigenvalue weighted by molar-refractivity contribution is 7.98. The maximum atomic E-state index is 12.0. The third kappa shape index (κ3) is 2.75. The number of thioether (sulfide) groups is 1. The number of benzene rings is 1. The number of fused-ring (bicyclic) bond motifs is 2. The van der Waals surface area contributed by atoms with Gasteiger partial charge in [0.2, 0.25) is 0 Å². The van der Waals surface area contributed by atoms with Gasteiger partial charge >= 0.3 is 0 Å². The fourth-order valence-electron chi connectivity index (χ4n) is 2.52. The molecule has 0 fully saturated rings. The normalized spacial score (nSPS) is 11.3. The zero-order valence-corrected chi connectivity index (χ0v) is 14.0. The number of aromatic nitrogens is 3. The van der Waals surface area contributed by atoms with E-state index in [0.29, 0.717) is 16.3 Å². The largest absolute Gasteiger partial charge is 0.309 e. The SMILES string of the molecule is Cc1cc(SCc2nc3ccsc3c(=O)[nH]2)nc2ccccc12. The molecule has 4 nitrogen and oxygen atoms in total. The Morgan fingerprint density at radius 2 is 2.04 bits per heavy atom. The Kier molecular flexibility index (Phi) is 3.63. The van der Waals surface area contributed by atoms with Gasteiger partial charge in [0.15, 0.2) is 0 Å². The van der Waals surface area contributed by atoms with E-state index >= 15 is 0 Å². The molecule has 0 aliphatic heterocycles. The molecule has 0 atom stereocenters. The molecule has 3 aromatic heterocycles. The molecule has 0 unspecified atom stereocenters. The molecular formula is C17H13N3OS2. The Morgan fingerprint density at radius 3 is 2.96 bits per heavy atom. The fraction of sp³-hybridized carbons (Fsp3) is 0.118. The Balaban J connectivity index is 1.64. The Morgan fingerprint density at radius 1 is 1.17 bits per heavy atom. The van der Waals surface area contributed by atoms with Crippen molar-refractivity contribution in [2.75, 3.05) is 0 Å². The minimum atomic E-state index is -0.0664. The second kappa shape index (κ2) is 5.79. The van der Waals surface area contributed by atoms with Crippen molar-refractivity contribution in [2.24, 2.45) is 0 Å². The van der Waals surface area contributed by atoms with Crippen LogP contribution in [-0.2, 0) is 5.75 Å². The summed E-state index contributed by atoms with van der Waals surface area (Å²) < 4.78 is 0.679. The van der Waals surface area contributed by atoms with Crippen LogP contribution < -0.4 is 5.56 Å². The van der Waals surface area contributed by atoms with Crippen LogP contribution in [0.2, 0.25) is 0 Å². The highest BCUT2D eigenvalue weighted by Crippen LogP contribution is 2.25. The number of aromatic amines is 1. The van der Waals surface area contributed by atoms with Crippen LogP contribution >= 0.6 is 23.1 Å². The van der Waals surface area contributed by atoms with Gasteiger partial charge in [0, 0.05) is 5.39 Å². The number of thiophene rings is 1. The molecule has 6 heteroatoms. The Labute approximate surface area is 140 Å². The number of hydrogen-bond acceptors (Lipinski definition) is 5. The van der Waals surface area contributed by atoms with E-state index < -0.39 is 0 Å². The molecule has 0 aliphatic rings. The first kappa shape index (κ1) is 14.4. The number of H-pyrrole nitrogens is 1. The van der Waals surface area contributed by atoms with Gasteiger partial charge in [0.1, 0.15) is 10.5 Å². The van der Waals surface area contributed by atoms with Crippen molar-refractivity contribution < 1.29 is 0 Å². The van der Waals surface area contributed by atoms with E-state index in [2.05, 4.69) is 34.0 Å². The van der Waals surface area contributed by atoms with E-state index in [0.717, 1.165) is 16.1 Å². The lowest BCUT2D eigenvalue weighted by molar-refractivity contribution is 1.04. The third-order valence-electron chi connectivity index (χ3n) is 3.62. The first-order valence-electron chi connectivity index (χ1n) is 7.16. The van der Waals surface area contributed by atoms with Gasteiger partial charge in [-0.2, -0.15) is 0 Å². The minimum absolute atomic E-state index is 0.0664. The molecule has 0 aliphatic carbocycles. The van der Waals surface area contributed by atoms with Crippen molar-refractivity contribution in [3.8, 4) is 0 Å². The molecule has 4 rings (SSSR count). The molecule has 1 aromatic carbocycles. The van der Waals surface area contributed by atoms with Crippen molar-refractivity contribution >= 4 is 44.2 Å². The zero-order valence-electron chi connectivity index (χ0n) is 12.4. The first-order chi connectivity index (χ1) is 11.2. The lowest BCUT2D eigenvalue weighted by atomic mass is 10.1. The number of nitrogens with zero attached hydrogens (tertiary/aromatic N) is 2. The lowest BCUT2D eigenvalue weighted by Gasteiger charge is -2.06. The lowest BCUT2D eigenvalue weighted by Crippen LogP contribution is -2.09. The van der Waals surface area contributed by atoms with Crippen LogP contribution in [0.5, 0.6) is 0 Å². The standard InChI is InChI=1S/C17H13N3OS2/c1-10-8-15(19-12-5-3-2-4-11(10)12)23-9-14-18-13-6-7-22-16(13)17(21)20-14/h2-8H,9H2,1H3,(H,18,20,21). The van der Waals surface area contributed by atoms with Gasteiger partial charge < -0.3 is 4.98 Å². The van der Waals surface area contributed by atoms with Gasteiger partial charge in [0.25, 0.3) is 5.56 Å². The van der Waals surface area contributed by atoms with E-state index in [1.165, 1.54) is 22.3 Å². The average Bonchev–Trinajstić information content (AvgIpc) is 3.02. The molecule has 23 heavy (non-hydrogen) atoms. The molecule has 0 radical (unpaired) electrons. The summed E-state index contributed by atoms with van der Waals surface area (Å²) >= 11 is 3.00. The predicted molar refractivity (Wildman–Crippen MR) is 96.3 cm³/mol. The van der Waals surface area contributed by atoms with Gasteiger partial charge in [-0.05, 0) is 36.1 Å². The summed E-state index contributed by atoms with van der Waals surface area (Å²) in [5.74, 6) is 1.27. The predicted octanol–water partition coefficient (Wildman–Crippen LogP) is 4.13. The molecule has 0 saturated carbocycles. The molecule has 0 amide bonds. The van der Waals surface area contributed by atoms with Gasteiger partial charge in [-0.3, -0.25) is 4.79 Å². The molecule has 0 spiro atoms. The minimum Gasteiger partial charge on any atom is -0.309 e. The third-order valence-corrected chi connectivity index (χ3v) is 5.45. The van der Waals surface area contributed by atoms with Crippen LogP contribution in [0, 0.1) is 6.92 Å². The summed E-state index contributed by atoms with van der Waals surface area (Å²) in [6.45, 7) is 2.09. The summed E-state index contributed by atoms with van der Waals surface area (Å²) in [5.41, 5.74) is 2.89. The van der Waals surface area contributed by atoms with E-state index in [1.807, 2.05) is 29.6 Å². The van der Waals surface area contributed by atoms with E-state index in [9.17, 15) is 4.79 Å². The van der Waals surface area contributed by atoms with Crippen molar-refractivity contribution in [1.29, 1.82) is 0 Å². The van der Waals surface area contributed by atoms with Gasteiger partial charge in [-0.1, -0.05) is 30.0 Å². The molecule has 4 aromatic rings. The quantitative estimate of drug-likeness (QED) is 0.570. The fourth-order valence-corrected chi connectivity index (χ4v) is 4.09. The van der Waals surface area contributed by atoms with E-state index in [1.54, 1.807) is 11.8 Å². The molecule has 0 bridgehead atoms. The molecule has 0 saturated heterocycles. The number of nitrogens with one attached hydrogen (secondary N) is 1. The second-order valence-electron chi connectivity index (χ2n) is 5.23. The van der Waals surface area contributed by atoms with Crippen LogP contribution in [0.15, 0.2) is 51.6 Å². The highest BCUT2D eigenvalue weighted by Gasteiger charge is 2.07. The van der Waals surface area contributed by atoms with Crippen LogP contribution in [0.3, 0.4) is 0 Å². The first-order valence-corrected chi connectivity index (χ1v) is 9.03. The number of pyridine rings is 1. The van der Waals surface area contributed by atoms with Gasteiger partial charge in [-0.15, -0.1) is 11.3 Å². The topological polar surface area (TPSA) is 58.6 Å². The second-order valence-corrected chi connectivity index (χ2v) is 7.14. The number of hydrogen-bond donors (Lipinski definition) is 1. The Hall–Kier alpha value is -2.18. The van der Waals surface area contributed by atoms with Crippen LogP contribution in [0.25, 0.3) is 21.1 Å². The molecule has 1 N–H and O–H groups in total. The van der Waals surface area contributed by atoms with Crippen LogP contribution in [-0.4, -0.2) is 15.0 Å². The van der Waals surface area contributed by atoms with Crippen molar-refractivity contribution in [2.45, 2.75) is 17.7 Å². The summed E-state index contributed by atoms with van der Waals surface area (Å²) in [6.07, 6.45) is 0. The maximum Gasteiger partial charge on any atom is 0.268 e. The molecular weight excluding hydrogens is 326 g/mol. The van der Waals surface area contributed by atoms with Crippen molar-refractivity contribution in [1.82, 2.24) is 15.0 Å². The Bertz CT molecular complexity index is 1070. The van der Waals surface area contributed by atoms with Gasteiger partial charge in [0.05, 0.1) is 21.8 Å². The van der Waals surface area contributed by atoms with E-state index in [4.69, 9.17) is 0 Å².